The molecule has 0 bridgehead atoms. The second-order valence-electron chi connectivity index (χ2n) is 16.1. The van der Waals surface area contributed by atoms with E-state index < -0.39 is 32.5 Å². The fraction of sp³-hybridized carbons (Fsp3) is 0.620. The highest BCUT2D eigenvalue weighted by molar-refractivity contribution is 7.45. The summed E-state index contributed by atoms with van der Waals surface area (Å²) < 4.78 is 33.8. The van der Waals surface area contributed by atoms with E-state index in [0.717, 1.165) is 70.6 Å². The van der Waals surface area contributed by atoms with Gasteiger partial charge < -0.3 is 27.9 Å². The molecule has 0 radical (unpaired) electrons. The zero-order chi connectivity index (χ0) is 45.1. The molecular weight excluding hydrogens is 790 g/mol. The van der Waals surface area contributed by atoms with Gasteiger partial charge in [0.15, 0.2) is 11.9 Å². The molecule has 0 fully saturated rings. The SMILES string of the molecule is CCCCC/C=C\C/C=C\C/C=C\C/C=C\CCCCCC(=O)OC[C@H](COP(=O)([O-])OCC[N+](C)(C)C)OC(=O)CCC/C=C\C/C=C\C/C=C\C=C\C(=O)CCCCC. The van der Waals surface area contributed by atoms with Gasteiger partial charge in [-0.15, -0.1) is 0 Å². The number of ketones is 1. The number of hydrogen-bond donors (Lipinski definition) is 0. The smallest absolute Gasteiger partial charge is 0.306 e. The molecule has 0 aliphatic heterocycles. The number of hydrogen-bond acceptors (Lipinski definition) is 9. The van der Waals surface area contributed by atoms with Gasteiger partial charge in [0.1, 0.15) is 19.8 Å². The third-order valence-corrected chi connectivity index (χ3v) is 10.0. The Morgan fingerprint density at radius 1 is 0.557 bits per heavy atom. The van der Waals surface area contributed by atoms with E-state index in [9.17, 15) is 23.8 Å². The predicted octanol–water partition coefficient (Wildman–Crippen LogP) is 11.9. The normalized spacial score (nSPS) is 14.3. The summed E-state index contributed by atoms with van der Waals surface area (Å²) in [5.74, 6) is -0.819. The van der Waals surface area contributed by atoms with Crippen molar-refractivity contribution in [2.24, 2.45) is 0 Å². The van der Waals surface area contributed by atoms with Crippen molar-refractivity contribution in [1.29, 1.82) is 0 Å². The molecule has 11 heteroatoms. The second kappa shape index (κ2) is 40.7. The predicted molar refractivity (Wildman–Crippen MR) is 250 cm³/mol. The van der Waals surface area contributed by atoms with Gasteiger partial charge in [0.05, 0.1) is 27.7 Å². The Hall–Kier alpha value is -3.40. The number of ether oxygens (including phenoxy) is 2. The number of likely N-dealkylation sites (N-methyl/N-ethyl adjacent to an activating group) is 1. The number of carbonyl (C=O) groups is 3. The number of nitrogens with zero attached hydrogens (tertiary/aromatic N) is 1. The van der Waals surface area contributed by atoms with E-state index in [4.69, 9.17) is 18.5 Å². The molecule has 0 aliphatic rings. The molecule has 1 unspecified atom stereocenters. The van der Waals surface area contributed by atoms with Crippen molar-refractivity contribution in [3.05, 3.63) is 97.2 Å². The summed E-state index contributed by atoms with van der Waals surface area (Å²) in [7, 11) is 1.06. The summed E-state index contributed by atoms with van der Waals surface area (Å²) in [4.78, 5) is 49.3. The molecule has 0 aliphatic carbocycles. The lowest BCUT2D eigenvalue weighted by Gasteiger charge is -2.28. The van der Waals surface area contributed by atoms with Crippen LogP contribution in [0.4, 0.5) is 0 Å². The largest absolute Gasteiger partial charge is 0.756 e. The second-order valence-corrected chi connectivity index (χ2v) is 17.5. The lowest BCUT2D eigenvalue weighted by molar-refractivity contribution is -0.870. The van der Waals surface area contributed by atoms with Gasteiger partial charge in [-0.25, -0.2) is 0 Å². The van der Waals surface area contributed by atoms with Crippen molar-refractivity contribution >= 4 is 25.5 Å². The monoisotopic (exact) mass is 872 g/mol. The highest BCUT2D eigenvalue weighted by Crippen LogP contribution is 2.38. The van der Waals surface area contributed by atoms with Crippen molar-refractivity contribution in [1.82, 2.24) is 0 Å². The van der Waals surface area contributed by atoms with Crippen LogP contribution >= 0.6 is 7.82 Å². The number of esters is 2. The minimum atomic E-state index is -4.67. The maximum atomic E-state index is 12.7. The van der Waals surface area contributed by atoms with E-state index in [0.29, 0.717) is 36.7 Å². The van der Waals surface area contributed by atoms with Gasteiger partial charge in [-0.1, -0.05) is 137 Å². The highest BCUT2D eigenvalue weighted by Gasteiger charge is 2.21. The molecule has 346 valence electrons. The van der Waals surface area contributed by atoms with E-state index >= 15 is 0 Å². The van der Waals surface area contributed by atoms with Crippen molar-refractivity contribution in [3.63, 3.8) is 0 Å². The van der Waals surface area contributed by atoms with E-state index in [-0.39, 0.29) is 31.8 Å². The molecule has 0 amide bonds. The summed E-state index contributed by atoms with van der Waals surface area (Å²) >= 11 is 0. The van der Waals surface area contributed by atoms with Crippen molar-refractivity contribution in [2.75, 3.05) is 47.5 Å². The molecule has 2 atom stereocenters. The summed E-state index contributed by atoms with van der Waals surface area (Å²) in [6.07, 6.45) is 49.9. The van der Waals surface area contributed by atoms with E-state index in [2.05, 4.69) is 74.6 Å². The topological polar surface area (TPSA) is 128 Å². The maximum Gasteiger partial charge on any atom is 0.306 e. The molecule has 0 rings (SSSR count). The van der Waals surface area contributed by atoms with Crippen molar-refractivity contribution < 1.29 is 46.8 Å². The van der Waals surface area contributed by atoms with Gasteiger partial charge in [-0.05, 0) is 89.5 Å². The van der Waals surface area contributed by atoms with Gasteiger partial charge in [0.25, 0.3) is 7.82 Å². The van der Waals surface area contributed by atoms with Crippen LogP contribution in [0.1, 0.15) is 149 Å². The van der Waals surface area contributed by atoms with Crippen LogP contribution < -0.4 is 4.89 Å². The highest BCUT2D eigenvalue weighted by atomic mass is 31.2. The summed E-state index contributed by atoms with van der Waals surface area (Å²) in [6, 6.07) is 0. The molecule has 0 aromatic rings. The number of quaternary nitrogens is 1. The third kappa shape index (κ3) is 44.5. The molecule has 10 nitrogen and oxygen atoms in total. The molecule has 0 saturated heterocycles. The average Bonchev–Trinajstić information content (AvgIpc) is 3.21. The zero-order valence-electron chi connectivity index (χ0n) is 38.6. The molecule has 0 heterocycles. The van der Waals surface area contributed by atoms with Crippen LogP contribution in [-0.4, -0.2) is 75.8 Å². The van der Waals surface area contributed by atoms with Gasteiger partial charge >= 0.3 is 11.9 Å². The fourth-order valence-corrected chi connectivity index (χ4v) is 6.14. The Balaban J connectivity index is 4.56. The molecular formula is C50H82NO9P. The Labute approximate surface area is 370 Å². The number of phosphoric ester groups is 1. The Bertz CT molecular complexity index is 1420. The molecule has 0 aromatic carbocycles. The maximum absolute atomic E-state index is 12.7. The van der Waals surface area contributed by atoms with Gasteiger partial charge in [0.2, 0.25) is 0 Å². The van der Waals surface area contributed by atoms with Gasteiger partial charge in [0, 0.05) is 19.3 Å². The molecule has 0 saturated carbocycles. The van der Waals surface area contributed by atoms with Crippen molar-refractivity contribution in [2.45, 2.75) is 155 Å². The van der Waals surface area contributed by atoms with Crippen LogP contribution in [0.5, 0.6) is 0 Å². The molecule has 0 spiro atoms. The summed E-state index contributed by atoms with van der Waals surface area (Å²) in [5, 5.41) is 0. The molecule has 0 aromatic heterocycles. The van der Waals surface area contributed by atoms with Crippen LogP contribution in [-0.2, 0) is 37.5 Å². The average molecular weight is 872 g/mol. The fourth-order valence-electron chi connectivity index (χ4n) is 5.41. The zero-order valence-corrected chi connectivity index (χ0v) is 39.5. The number of carbonyl (C=O) groups excluding carboxylic acids is 3. The lowest BCUT2D eigenvalue weighted by Crippen LogP contribution is -2.37. The Morgan fingerprint density at radius 3 is 1.62 bits per heavy atom. The molecule has 0 N–H and O–H groups in total. The van der Waals surface area contributed by atoms with Crippen LogP contribution in [0.3, 0.4) is 0 Å². The minimum Gasteiger partial charge on any atom is -0.756 e. The van der Waals surface area contributed by atoms with E-state index in [1.165, 1.54) is 25.7 Å². The summed E-state index contributed by atoms with van der Waals surface area (Å²) in [5.41, 5.74) is 0. The van der Waals surface area contributed by atoms with E-state index in [1.807, 2.05) is 45.4 Å². The number of allylic oxidation sites excluding steroid dienone is 16. The quantitative estimate of drug-likeness (QED) is 0.0112. The number of rotatable bonds is 40. The van der Waals surface area contributed by atoms with Crippen LogP contribution in [0.2, 0.25) is 0 Å². The first kappa shape index (κ1) is 57.6. The third-order valence-electron chi connectivity index (χ3n) is 9.05. The van der Waals surface area contributed by atoms with Gasteiger partial charge in [-0.2, -0.15) is 0 Å². The number of phosphoric acid groups is 1. The number of unbranched alkanes of at least 4 members (excludes halogenated alkanes) is 9. The first-order valence-corrected chi connectivity index (χ1v) is 24.4. The first-order chi connectivity index (χ1) is 29.4. The van der Waals surface area contributed by atoms with Crippen LogP contribution in [0, 0.1) is 0 Å². The Kier molecular flexibility index (Phi) is 38.4. The summed E-state index contributed by atoms with van der Waals surface area (Å²) in [6.45, 7) is 3.89. The lowest BCUT2D eigenvalue weighted by atomic mass is 10.1. The standard InChI is InChI=1S/C50H82NO9P/c1-6-8-10-11-12-13-14-15-16-17-18-19-20-21-24-27-30-33-37-41-49(53)57-45-48(46-59-61(55,56)58-44-43-51(3,4)5)60-50(54)42-38-34-31-28-25-22-23-26-29-32-36-40-47(52)39-35-9-7-2/h12-13,15-16,18-19,21-24,28-29,31-32,36,40,48H,6-11,14,17,20,25-27,30,33-35,37-39,41-46H2,1-5H3/b13-12-,16-15-,19-18-,23-22-,24-21-,31-28-,32-29-,40-36+/t48-/m1/s1. The van der Waals surface area contributed by atoms with Crippen LogP contribution in [0.15, 0.2) is 97.2 Å². The van der Waals surface area contributed by atoms with Crippen molar-refractivity contribution in [3.8, 4) is 0 Å². The van der Waals surface area contributed by atoms with Gasteiger partial charge in [-0.3, -0.25) is 18.9 Å². The van der Waals surface area contributed by atoms with Crippen LogP contribution in [0.25, 0.3) is 0 Å². The first-order valence-electron chi connectivity index (χ1n) is 22.9. The Morgan fingerprint density at radius 2 is 1.05 bits per heavy atom. The van der Waals surface area contributed by atoms with E-state index in [1.54, 1.807) is 12.2 Å². The molecule has 61 heavy (non-hydrogen) atoms. The minimum absolute atomic E-state index is 0.0629.